The molecule has 0 bridgehead atoms. The van der Waals surface area contributed by atoms with Gasteiger partial charge in [-0.05, 0) is 32.1 Å². The van der Waals surface area contributed by atoms with Crippen LogP contribution in [0, 0.1) is 0 Å². The van der Waals surface area contributed by atoms with Crippen molar-refractivity contribution in [3.05, 3.63) is 24.3 Å². The van der Waals surface area contributed by atoms with E-state index in [2.05, 4.69) is 31.3 Å². The van der Waals surface area contributed by atoms with Crippen molar-refractivity contribution in [2.75, 3.05) is 6.61 Å². The zero-order valence-corrected chi connectivity index (χ0v) is 19.8. The molecule has 1 amide bonds. The van der Waals surface area contributed by atoms with Gasteiger partial charge in [-0.25, -0.2) is 0 Å². The van der Waals surface area contributed by atoms with Gasteiger partial charge in [-0.2, -0.15) is 0 Å². The fourth-order valence-corrected chi connectivity index (χ4v) is 3.42. The van der Waals surface area contributed by atoms with E-state index in [0.717, 1.165) is 38.5 Å². The molecule has 2 unspecified atom stereocenters. The number of carbonyl (C=O) groups is 1. The Morgan fingerprint density at radius 1 is 0.767 bits per heavy atom. The zero-order chi connectivity index (χ0) is 22.3. The lowest BCUT2D eigenvalue weighted by molar-refractivity contribution is -0.123. The van der Waals surface area contributed by atoms with E-state index in [4.69, 9.17) is 0 Å². The molecular weight excluding hydrogens is 374 g/mol. The van der Waals surface area contributed by atoms with Gasteiger partial charge in [-0.1, -0.05) is 102 Å². The Hall–Kier alpha value is -1.13. The second-order valence-corrected chi connectivity index (χ2v) is 8.40. The highest BCUT2D eigenvalue weighted by Gasteiger charge is 2.17. The van der Waals surface area contributed by atoms with E-state index in [1.54, 1.807) is 6.08 Å². The molecule has 0 aliphatic rings. The Balaban J connectivity index is 3.80. The average molecular weight is 424 g/mol. The Morgan fingerprint density at radius 3 is 1.93 bits per heavy atom. The number of hydrogen-bond donors (Lipinski definition) is 3. The smallest absolute Gasteiger partial charge is 0.220 e. The highest BCUT2D eigenvalue weighted by molar-refractivity contribution is 5.76. The minimum Gasteiger partial charge on any atom is -0.394 e. The highest BCUT2D eigenvalue weighted by Crippen LogP contribution is 2.09. The molecule has 0 rings (SSSR count). The van der Waals surface area contributed by atoms with Crippen LogP contribution in [0.3, 0.4) is 0 Å². The fourth-order valence-electron chi connectivity index (χ4n) is 3.42. The Kier molecular flexibility index (Phi) is 21.7. The van der Waals surface area contributed by atoms with Crippen LogP contribution in [-0.2, 0) is 4.79 Å². The van der Waals surface area contributed by atoms with Crippen LogP contribution in [-0.4, -0.2) is 34.9 Å². The number of rotatable bonds is 21. The topological polar surface area (TPSA) is 69.6 Å². The van der Waals surface area contributed by atoms with E-state index < -0.39 is 12.1 Å². The third-order valence-electron chi connectivity index (χ3n) is 5.44. The van der Waals surface area contributed by atoms with Gasteiger partial charge in [0.1, 0.15) is 0 Å². The molecule has 0 radical (unpaired) electrons. The minimum absolute atomic E-state index is 0.0914. The Labute approximate surface area is 186 Å². The van der Waals surface area contributed by atoms with Crippen LogP contribution in [0.5, 0.6) is 0 Å². The predicted octanol–water partition coefficient (Wildman–Crippen LogP) is 6.22. The lowest BCUT2D eigenvalue weighted by Crippen LogP contribution is -2.45. The predicted molar refractivity (Wildman–Crippen MR) is 129 cm³/mol. The first-order valence-corrected chi connectivity index (χ1v) is 12.6. The molecule has 3 N–H and O–H groups in total. The number of aliphatic hydroxyl groups excluding tert-OH is 2. The van der Waals surface area contributed by atoms with Gasteiger partial charge < -0.3 is 15.5 Å². The van der Waals surface area contributed by atoms with Crippen LogP contribution in [0.15, 0.2) is 24.3 Å². The van der Waals surface area contributed by atoms with Crippen LogP contribution >= 0.6 is 0 Å². The van der Waals surface area contributed by atoms with Crippen molar-refractivity contribution in [2.45, 2.75) is 129 Å². The van der Waals surface area contributed by atoms with Gasteiger partial charge in [-0.15, -0.1) is 0 Å². The molecule has 0 heterocycles. The van der Waals surface area contributed by atoms with Crippen LogP contribution in [0.2, 0.25) is 0 Å². The number of unbranched alkanes of at least 4 members (excludes halogenated alkanes) is 12. The van der Waals surface area contributed by atoms with Crippen LogP contribution in [0.4, 0.5) is 0 Å². The maximum absolute atomic E-state index is 12.0. The van der Waals surface area contributed by atoms with Crippen molar-refractivity contribution >= 4 is 5.91 Å². The van der Waals surface area contributed by atoms with Gasteiger partial charge >= 0.3 is 0 Å². The van der Waals surface area contributed by atoms with Crippen LogP contribution in [0.1, 0.15) is 117 Å². The van der Waals surface area contributed by atoms with Crippen LogP contribution in [0.25, 0.3) is 0 Å². The first-order chi connectivity index (χ1) is 14.7. The summed E-state index contributed by atoms with van der Waals surface area (Å²) in [4.78, 5) is 12.0. The maximum atomic E-state index is 12.0. The van der Waals surface area contributed by atoms with Gasteiger partial charge in [0.25, 0.3) is 0 Å². The summed E-state index contributed by atoms with van der Waals surface area (Å²) in [5.74, 6) is -0.0914. The summed E-state index contributed by atoms with van der Waals surface area (Å²) >= 11 is 0. The molecule has 0 aromatic carbocycles. The summed E-state index contributed by atoms with van der Waals surface area (Å²) in [7, 11) is 0. The number of carbonyl (C=O) groups excluding carboxylic acids is 1. The minimum atomic E-state index is -0.851. The number of allylic oxidation sites excluding steroid dienone is 3. The normalized spacial score (nSPS) is 13.9. The Bertz CT molecular complexity index is 434. The fraction of sp³-hybridized carbons (Fsp3) is 0.808. The largest absolute Gasteiger partial charge is 0.394 e. The first-order valence-electron chi connectivity index (χ1n) is 12.6. The van der Waals surface area contributed by atoms with E-state index in [1.807, 2.05) is 6.08 Å². The summed E-state index contributed by atoms with van der Waals surface area (Å²) in [5, 5.41) is 22.4. The lowest BCUT2D eigenvalue weighted by atomic mass is 10.1. The molecule has 0 saturated carbocycles. The summed E-state index contributed by atoms with van der Waals surface area (Å²) in [6, 6.07) is -0.628. The summed E-state index contributed by atoms with van der Waals surface area (Å²) in [5.41, 5.74) is 0. The molecule has 0 aromatic rings. The molecule has 0 spiro atoms. The van der Waals surface area contributed by atoms with Gasteiger partial charge in [0.2, 0.25) is 5.91 Å². The van der Waals surface area contributed by atoms with E-state index in [9.17, 15) is 15.0 Å². The summed E-state index contributed by atoms with van der Waals surface area (Å²) < 4.78 is 0. The highest BCUT2D eigenvalue weighted by atomic mass is 16.3. The van der Waals surface area contributed by atoms with Crippen molar-refractivity contribution in [2.24, 2.45) is 0 Å². The summed E-state index contributed by atoms with van der Waals surface area (Å²) in [6.45, 7) is 4.16. The van der Waals surface area contributed by atoms with Crippen molar-refractivity contribution in [3.8, 4) is 0 Å². The van der Waals surface area contributed by atoms with Crippen molar-refractivity contribution in [3.63, 3.8) is 0 Å². The second-order valence-electron chi connectivity index (χ2n) is 8.40. The van der Waals surface area contributed by atoms with Crippen LogP contribution < -0.4 is 5.32 Å². The van der Waals surface area contributed by atoms with Crippen molar-refractivity contribution in [1.29, 1.82) is 0 Å². The van der Waals surface area contributed by atoms with Crippen molar-refractivity contribution < 1.29 is 15.0 Å². The SMILES string of the molecule is CCCCCCCCC/C=C/CC/C=C/C(O)C(CO)NC(=O)CCCCCCC. The first kappa shape index (κ1) is 28.9. The maximum Gasteiger partial charge on any atom is 0.220 e. The van der Waals surface area contributed by atoms with Gasteiger partial charge in [-0.3, -0.25) is 4.79 Å². The van der Waals surface area contributed by atoms with E-state index in [0.29, 0.717) is 6.42 Å². The van der Waals surface area contributed by atoms with E-state index in [-0.39, 0.29) is 12.5 Å². The molecule has 0 fully saturated rings. The van der Waals surface area contributed by atoms with Gasteiger partial charge in [0.05, 0.1) is 18.8 Å². The molecule has 176 valence electrons. The number of amides is 1. The zero-order valence-electron chi connectivity index (χ0n) is 19.8. The molecule has 4 nitrogen and oxygen atoms in total. The lowest BCUT2D eigenvalue weighted by Gasteiger charge is -2.19. The van der Waals surface area contributed by atoms with Gasteiger partial charge in [0, 0.05) is 6.42 Å². The molecule has 4 heteroatoms. The Morgan fingerprint density at radius 2 is 1.30 bits per heavy atom. The third-order valence-corrected chi connectivity index (χ3v) is 5.44. The quantitative estimate of drug-likeness (QED) is 0.152. The summed E-state index contributed by atoms with van der Waals surface area (Å²) in [6.07, 6.45) is 25.5. The van der Waals surface area contributed by atoms with Gasteiger partial charge in [0.15, 0.2) is 0 Å². The average Bonchev–Trinajstić information content (AvgIpc) is 2.75. The molecule has 0 aliphatic heterocycles. The van der Waals surface area contributed by atoms with Crippen molar-refractivity contribution in [1.82, 2.24) is 5.32 Å². The number of aliphatic hydroxyl groups is 2. The molecular formula is C26H49NO3. The molecule has 0 saturated heterocycles. The number of nitrogens with one attached hydrogen (secondary N) is 1. The standard InChI is InChI=1S/C26H49NO3/c1-3-5-7-9-10-11-12-13-14-15-16-18-19-21-25(29)24(23-28)27-26(30)22-20-17-8-6-4-2/h14-15,19,21,24-25,28-29H,3-13,16-18,20,22-23H2,1-2H3,(H,27,30)/b15-14+,21-19+. The molecule has 30 heavy (non-hydrogen) atoms. The molecule has 0 aromatic heterocycles. The third kappa shape index (κ3) is 18.9. The second kappa shape index (κ2) is 22.6. The molecule has 2 atom stereocenters. The van der Waals surface area contributed by atoms with E-state index >= 15 is 0 Å². The number of hydrogen-bond acceptors (Lipinski definition) is 3. The monoisotopic (exact) mass is 423 g/mol. The molecule has 0 aliphatic carbocycles. The van der Waals surface area contributed by atoms with E-state index in [1.165, 1.54) is 57.8 Å².